The fourth-order valence-corrected chi connectivity index (χ4v) is 3.30. The van der Waals surface area contributed by atoms with Crippen LogP contribution >= 0.6 is 0 Å². The molecule has 0 saturated heterocycles. The predicted octanol–water partition coefficient (Wildman–Crippen LogP) is 2.09. The van der Waals surface area contributed by atoms with Gasteiger partial charge in [-0.2, -0.15) is 0 Å². The van der Waals surface area contributed by atoms with Gasteiger partial charge in [-0.3, -0.25) is 9.59 Å². The highest BCUT2D eigenvalue weighted by atomic mass is 16.5. The van der Waals surface area contributed by atoms with Gasteiger partial charge < -0.3 is 24.8 Å². The van der Waals surface area contributed by atoms with Gasteiger partial charge in [0.2, 0.25) is 5.75 Å². The van der Waals surface area contributed by atoms with Crippen LogP contribution in [0.1, 0.15) is 27.6 Å². The van der Waals surface area contributed by atoms with Crippen molar-refractivity contribution in [3.8, 4) is 17.2 Å². The number of rotatable bonds is 2. The highest BCUT2D eigenvalue weighted by Gasteiger charge is 2.48. The summed E-state index contributed by atoms with van der Waals surface area (Å²) in [5.74, 6) is -4.53. The molecular formula is C17H16O7. The molecule has 0 bridgehead atoms. The van der Waals surface area contributed by atoms with Crippen molar-refractivity contribution < 1.29 is 34.4 Å². The molecule has 24 heavy (non-hydrogen) atoms. The summed E-state index contributed by atoms with van der Waals surface area (Å²) >= 11 is 0. The maximum atomic E-state index is 12.9. The quantitative estimate of drug-likeness (QED) is 0.760. The maximum Gasteiger partial charge on any atom is 0.203 e. The lowest BCUT2D eigenvalue weighted by atomic mass is 9.69. The third kappa shape index (κ3) is 1.90. The zero-order chi connectivity index (χ0) is 17.8. The van der Waals surface area contributed by atoms with E-state index in [0.717, 1.165) is 6.07 Å². The van der Waals surface area contributed by atoms with Crippen LogP contribution in [0, 0.1) is 11.8 Å². The number of carbonyl (C=O) groups excluding carboxylic acids is 2. The fourth-order valence-electron chi connectivity index (χ4n) is 3.30. The third-order valence-electron chi connectivity index (χ3n) is 4.43. The maximum absolute atomic E-state index is 12.9. The number of aliphatic hydroxyl groups is 1. The number of phenolic OH excluding ortho intramolecular Hbond substituents is 2. The Kier molecular flexibility index (Phi) is 3.51. The summed E-state index contributed by atoms with van der Waals surface area (Å²) < 4.78 is 10.0. The molecule has 7 heteroatoms. The molecule has 0 amide bonds. The minimum atomic E-state index is -1.07. The number of methoxy groups -OCH3 is 2. The first-order chi connectivity index (χ1) is 11.3. The van der Waals surface area contributed by atoms with Crippen LogP contribution in [0.3, 0.4) is 0 Å². The summed E-state index contributed by atoms with van der Waals surface area (Å²) in [7, 11) is 2.52. The normalized spacial score (nSPS) is 22.7. The summed E-state index contributed by atoms with van der Waals surface area (Å²) in [4.78, 5) is 25.7. The molecular weight excluding hydrogens is 316 g/mol. The highest BCUT2D eigenvalue weighted by molar-refractivity contribution is 6.19. The Morgan fingerprint density at radius 2 is 1.71 bits per heavy atom. The summed E-state index contributed by atoms with van der Waals surface area (Å²) in [6, 6.07) is 1.11. The van der Waals surface area contributed by atoms with E-state index in [4.69, 9.17) is 9.47 Å². The molecule has 0 aliphatic heterocycles. The largest absolute Gasteiger partial charge is 0.504 e. The number of benzene rings is 1. The van der Waals surface area contributed by atoms with Gasteiger partial charge in [-0.25, -0.2) is 0 Å². The van der Waals surface area contributed by atoms with Gasteiger partial charge in [0, 0.05) is 5.56 Å². The molecule has 1 aromatic rings. The molecule has 3 N–H and O–H groups in total. The van der Waals surface area contributed by atoms with E-state index >= 15 is 0 Å². The highest BCUT2D eigenvalue weighted by Crippen LogP contribution is 2.48. The summed E-state index contributed by atoms with van der Waals surface area (Å²) in [6.45, 7) is 1.60. The van der Waals surface area contributed by atoms with E-state index in [1.165, 1.54) is 20.3 Å². The van der Waals surface area contributed by atoms with Gasteiger partial charge in [-0.05, 0) is 18.6 Å². The molecule has 3 rings (SSSR count). The van der Waals surface area contributed by atoms with E-state index in [-0.39, 0.29) is 28.4 Å². The van der Waals surface area contributed by atoms with Crippen molar-refractivity contribution in [1.82, 2.24) is 0 Å². The number of ketones is 2. The van der Waals surface area contributed by atoms with Gasteiger partial charge in [-0.15, -0.1) is 0 Å². The number of carbonyl (C=O) groups is 2. The van der Waals surface area contributed by atoms with Gasteiger partial charge in [0.1, 0.15) is 5.76 Å². The summed E-state index contributed by atoms with van der Waals surface area (Å²) in [6.07, 6.45) is 1.49. The number of aromatic hydroxyl groups is 2. The Morgan fingerprint density at radius 1 is 1.04 bits per heavy atom. The molecule has 0 fully saturated rings. The first-order valence-corrected chi connectivity index (χ1v) is 7.20. The van der Waals surface area contributed by atoms with Crippen LogP contribution in [0.25, 0.3) is 0 Å². The molecule has 2 atom stereocenters. The number of fused-ring (bicyclic) bond motifs is 2. The lowest BCUT2D eigenvalue weighted by Gasteiger charge is -2.33. The third-order valence-corrected chi connectivity index (χ3v) is 4.43. The van der Waals surface area contributed by atoms with Crippen LogP contribution in [0.15, 0.2) is 29.2 Å². The Morgan fingerprint density at radius 3 is 2.29 bits per heavy atom. The predicted molar refractivity (Wildman–Crippen MR) is 82.4 cm³/mol. The van der Waals surface area contributed by atoms with Crippen molar-refractivity contribution in [3.63, 3.8) is 0 Å². The van der Waals surface area contributed by atoms with Crippen molar-refractivity contribution in [2.24, 2.45) is 11.8 Å². The van der Waals surface area contributed by atoms with Gasteiger partial charge in [0.05, 0.1) is 31.6 Å². The zero-order valence-electron chi connectivity index (χ0n) is 13.3. The summed E-state index contributed by atoms with van der Waals surface area (Å²) in [5, 5.41) is 30.3. The van der Waals surface area contributed by atoms with Gasteiger partial charge in [0.25, 0.3) is 0 Å². The molecule has 0 saturated carbocycles. The lowest BCUT2D eigenvalue weighted by Crippen LogP contribution is -2.39. The molecule has 0 heterocycles. The SMILES string of the molecule is COC1=C(O)C(C)=C[C@H]2C(=O)c3cc(O)c(OC)c(O)c3C(=O)[C@H]12. The van der Waals surface area contributed by atoms with Crippen molar-refractivity contribution in [1.29, 1.82) is 0 Å². The molecule has 1 aromatic carbocycles. The van der Waals surface area contributed by atoms with Crippen molar-refractivity contribution in [2.75, 3.05) is 14.2 Å². The van der Waals surface area contributed by atoms with Crippen LogP contribution in [0.2, 0.25) is 0 Å². The Balaban J connectivity index is 2.30. The number of aliphatic hydroxyl groups excluding tert-OH is 1. The Bertz CT molecular complexity index is 832. The molecule has 0 unspecified atom stereocenters. The number of hydrogen-bond donors (Lipinski definition) is 3. The molecule has 0 spiro atoms. The first-order valence-electron chi connectivity index (χ1n) is 7.20. The van der Waals surface area contributed by atoms with E-state index in [1.54, 1.807) is 6.92 Å². The smallest absolute Gasteiger partial charge is 0.203 e. The van der Waals surface area contributed by atoms with Crippen molar-refractivity contribution in [3.05, 3.63) is 40.4 Å². The standard InChI is InChI=1S/C17H16O7/c1-6-4-7-11(17(24-3)12(6)19)14(21)10-8(13(7)20)5-9(18)16(23-2)15(10)22/h4-5,7,11,18-19,22H,1-3H3/t7-,11-/m1/s1. The number of phenols is 2. The lowest BCUT2D eigenvalue weighted by molar-refractivity contribution is 0.0719. The van der Waals surface area contributed by atoms with Crippen LogP contribution in [0.5, 0.6) is 17.2 Å². The Hall–Kier alpha value is -2.96. The average molecular weight is 332 g/mol. The summed E-state index contributed by atoms with van der Waals surface area (Å²) in [5.41, 5.74) is 0.0869. The molecule has 2 aliphatic carbocycles. The van der Waals surface area contributed by atoms with Crippen LogP contribution in [-0.2, 0) is 4.74 Å². The Labute approximate surface area is 137 Å². The first kappa shape index (κ1) is 15.9. The van der Waals surface area contributed by atoms with E-state index in [1.807, 2.05) is 0 Å². The second-order valence-electron chi connectivity index (χ2n) is 5.70. The van der Waals surface area contributed by atoms with E-state index in [9.17, 15) is 24.9 Å². The van der Waals surface area contributed by atoms with Gasteiger partial charge in [0.15, 0.2) is 28.8 Å². The molecule has 0 radical (unpaired) electrons. The van der Waals surface area contributed by atoms with E-state index in [2.05, 4.69) is 0 Å². The number of Topliss-reactive ketones (excluding diaryl/α,β-unsaturated/α-hetero) is 2. The molecule has 0 aromatic heterocycles. The zero-order valence-corrected chi connectivity index (χ0v) is 13.3. The fraction of sp³-hybridized carbons (Fsp3) is 0.294. The molecule has 7 nitrogen and oxygen atoms in total. The second-order valence-corrected chi connectivity index (χ2v) is 5.70. The van der Waals surface area contributed by atoms with E-state index in [0.29, 0.717) is 5.57 Å². The van der Waals surface area contributed by atoms with E-state index < -0.39 is 34.9 Å². The minimum Gasteiger partial charge on any atom is -0.504 e. The monoisotopic (exact) mass is 332 g/mol. The number of hydrogen-bond acceptors (Lipinski definition) is 7. The molecule has 2 aliphatic rings. The average Bonchev–Trinajstić information content (AvgIpc) is 2.54. The number of ether oxygens (including phenoxy) is 2. The number of allylic oxidation sites excluding steroid dienone is 3. The van der Waals surface area contributed by atoms with Gasteiger partial charge in [-0.1, -0.05) is 6.08 Å². The van der Waals surface area contributed by atoms with Gasteiger partial charge >= 0.3 is 0 Å². The molecule has 126 valence electrons. The van der Waals surface area contributed by atoms with Crippen molar-refractivity contribution in [2.45, 2.75) is 6.92 Å². The van der Waals surface area contributed by atoms with Crippen LogP contribution in [-0.4, -0.2) is 41.1 Å². The van der Waals surface area contributed by atoms with Crippen LogP contribution < -0.4 is 4.74 Å². The van der Waals surface area contributed by atoms with Crippen molar-refractivity contribution >= 4 is 11.6 Å². The topological polar surface area (TPSA) is 113 Å². The minimum absolute atomic E-state index is 0.0181. The second kappa shape index (κ2) is 5.30. The van der Waals surface area contributed by atoms with Crippen LogP contribution in [0.4, 0.5) is 0 Å².